The summed E-state index contributed by atoms with van der Waals surface area (Å²) in [7, 11) is 0. The van der Waals surface area contributed by atoms with Gasteiger partial charge in [-0.2, -0.15) is 5.10 Å². The van der Waals surface area contributed by atoms with Crippen molar-refractivity contribution in [2.24, 2.45) is 5.92 Å². The molecule has 27 heavy (non-hydrogen) atoms. The molecule has 7 nitrogen and oxygen atoms in total. The van der Waals surface area contributed by atoms with Crippen molar-refractivity contribution in [3.05, 3.63) is 42.7 Å². The smallest absolute Gasteiger partial charge is 0.252 e. The summed E-state index contributed by atoms with van der Waals surface area (Å²) in [5.74, 6) is -0.181. The first-order valence-electron chi connectivity index (χ1n) is 8.94. The highest BCUT2D eigenvalue weighted by Gasteiger charge is 2.42. The Morgan fingerprint density at radius 2 is 1.70 bits per heavy atom. The van der Waals surface area contributed by atoms with Crippen molar-refractivity contribution in [2.45, 2.75) is 32.2 Å². The van der Waals surface area contributed by atoms with Crippen LogP contribution >= 0.6 is 12.4 Å². The topological polar surface area (TPSA) is 88.1 Å². The van der Waals surface area contributed by atoms with Crippen molar-refractivity contribution in [1.82, 2.24) is 15.1 Å². The van der Waals surface area contributed by atoms with Crippen LogP contribution in [0.2, 0.25) is 0 Å². The zero-order valence-electron chi connectivity index (χ0n) is 15.6. The van der Waals surface area contributed by atoms with E-state index in [0.29, 0.717) is 24.2 Å². The van der Waals surface area contributed by atoms with E-state index < -0.39 is 5.54 Å². The van der Waals surface area contributed by atoms with Crippen molar-refractivity contribution in [2.75, 3.05) is 23.7 Å². The largest absolute Gasteiger partial charge is 0.326 e. The highest BCUT2D eigenvalue weighted by atomic mass is 35.5. The lowest BCUT2D eigenvalue weighted by molar-refractivity contribution is -0.126. The fourth-order valence-corrected chi connectivity index (χ4v) is 3.09. The summed E-state index contributed by atoms with van der Waals surface area (Å²) in [4.78, 5) is 24.8. The summed E-state index contributed by atoms with van der Waals surface area (Å²) in [6.45, 7) is 5.23. The number of benzene rings is 1. The van der Waals surface area contributed by atoms with Gasteiger partial charge in [-0.1, -0.05) is 13.8 Å². The van der Waals surface area contributed by atoms with Gasteiger partial charge in [0.05, 0.1) is 0 Å². The van der Waals surface area contributed by atoms with Crippen molar-refractivity contribution < 1.29 is 9.59 Å². The number of nitrogens with zero attached hydrogens (tertiary/aromatic N) is 2. The Labute approximate surface area is 165 Å². The quantitative estimate of drug-likeness (QED) is 0.731. The molecule has 1 fully saturated rings. The van der Waals surface area contributed by atoms with Crippen LogP contribution in [-0.4, -0.2) is 34.7 Å². The van der Waals surface area contributed by atoms with Crippen molar-refractivity contribution in [3.8, 4) is 0 Å². The molecule has 1 aliphatic rings. The highest BCUT2D eigenvalue weighted by molar-refractivity contribution is 5.97. The molecule has 0 unspecified atom stereocenters. The standard InChI is InChI=1S/C19H25N5O2.ClH/c1-14(2)17(25)22-15-4-6-16(7-5-15)23-18(26)19(8-11-20-12-9-19)24-13-3-10-21-24;/h3-7,10,13-14,20H,8-9,11-12H2,1-2H3,(H,22,25)(H,23,26);1H. The summed E-state index contributed by atoms with van der Waals surface area (Å²) in [6, 6.07) is 9.01. The molecule has 0 spiro atoms. The molecule has 2 heterocycles. The second kappa shape index (κ2) is 9.01. The molecule has 2 aromatic rings. The summed E-state index contributed by atoms with van der Waals surface area (Å²) in [6.07, 6.45) is 4.91. The molecule has 3 rings (SSSR count). The van der Waals surface area contributed by atoms with Gasteiger partial charge in [-0.3, -0.25) is 14.3 Å². The molecule has 1 saturated heterocycles. The first-order chi connectivity index (χ1) is 12.5. The van der Waals surface area contributed by atoms with Gasteiger partial charge in [0.25, 0.3) is 5.91 Å². The number of hydrogen-bond acceptors (Lipinski definition) is 4. The van der Waals surface area contributed by atoms with Crippen LogP contribution in [0, 0.1) is 5.92 Å². The normalized spacial score (nSPS) is 15.7. The lowest BCUT2D eigenvalue weighted by Gasteiger charge is -2.36. The molecule has 146 valence electrons. The number of rotatable bonds is 5. The number of anilines is 2. The first-order valence-corrected chi connectivity index (χ1v) is 8.94. The highest BCUT2D eigenvalue weighted by Crippen LogP contribution is 2.29. The van der Waals surface area contributed by atoms with E-state index in [-0.39, 0.29) is 30.1 Å². The van der Waals surface area contributed by atoms with Crippen molar-refractivity contribution in [3.63, 3.8) is 0 Å². The van der Waals surface area contributed by atoms with Crippen LogP contribution < -0.4 is 16.0 Å². The third kappa shape index (κ3) is 4.67. The van der Waals surface area contributed by atoms with E-state index in [0.717, 1.165) is 13.1 Å². The molecular weight excluding hydrogens is 366 g/mol. The summed E-state index contributed by atoms with van der Waals surface area (Å²) in [5, 5.41) is 13.5. The predicted molar refractivity (Wildman–Crippen MR) is 108 cm³/mol. The number of aromatic nitrogens is 2. The van der Waals surface area contributed by atoms with Gasteiger partial charge in [0, 0.05) is 29.7 Å². The van der Waals surface area contributed by atoms with E-state index in [1.807, 2.05) is 26.1 Å². The van der Waals surface area contributed by atoms with Gasteiger partial charge in [-0.15, -0.1) is 12.4 Å². The van der Waals surface area contributed by atoms with Gasteiger partial charge < -0.3 is 16.0 Å². The van der Waals surface area contributed by atoms with Gasteiger partial charge in [0.2, 0.25) is 5.91 Å². The van der Waals surface area contributed by atoms with E-state index in [9.17, 15) is 9.59 Å². The first kappa shape index (κ1) is 20.9. The average Bonchev–Trinajstić information content (AvgIpc) is 3.19. The fraction of sp³-hybridized carbons (Fsp3) is 0.421. The van der Waals surface area contributed by atoms with Gasteiger partial charge >= 0.3 is 0 Å². The van der Waals surface area contributed by atoms with Gasteiger partial charge in [-0.25, -0.2) is 0 Å². The van der Waals surface area contributed by atoms with E-state index >= 15 is 0 Å². The molecule has 0 aliphatic carbocycles. The van der Waals surface area contributed by atoms with Gasteiger partial charge in [0.1, 0.15) is 5.54 Å². The second-order valence-corrected chi connectivity index (χ2v) is 6.91. The second-order valence-electron chi connectivity index (χ2n) is 6.91. The lowest BCUT2D eigenvalue weighted by Crippen LogP contribution is -2.52. The van der Waals surface area contributed by atoms with Crippen LogP contribution in [0.1, 0.15) is 26.7 Å². The zero-order chi connectivity index (χ0) is 18.6. The monoisotopic (exact) mass is 391 g/mol. The molecule has 0 atom stereocenters. The van der Waals surface area contributed by atoms with Crippen LogP contribution in [-0.2, 0) is 15.1 Å². The molecule has 8 heteroatoms. The lowest BCUT2D eigenvalue weighted by atomic mass is 9.87. The molecule has 0 saturated carbocycles. The number of nitrogens with one attached hydrogen (secondary N) is 3. The van der Waals surface area contributed by atoms with Crippen LogP contribution in [0.5, 0.6) is 0 Å². The summed E-state index contributed by atoms with van der Waals surface area (Å²) >= 11 is 0. The van der Waals surface area contributed by atoms with Crippen molar-refractivity contribution >= 4 is 35.6 Å². The minimum absolute atomic E-state index is 0. The maximum absolute atomic E-state index is 13.1. The Kier molecular flexibility index (Phi) is 6.98. The minimum atomic E-state index is -0.681. The molecule has 1 aromatic carbocycles. The number of amides is 2. The van der Waals surface area contributed by atoms with Crippen LogP contribution in [0.3, 0.4) is 0 Å². The van der Waals surface area contributed by atoms with Crippen LogP contribution in [0.4, 0.5) is 11.4 Å². The van der Waals surface area contributed by atoms with Gasteiger partial charge in [-0.05, 0) is 56.3 Å². The molecule has 0 radical (unpaired) electrons. The number of halogens is 1. The number of carbonyl (C=O) groups is 2. The Hall–Kier alpha value is -2.38. The Morgan fingerprint density at radius 3 is 2.22 bits per heavy atom. The third-order valence-electron chi connectivity index (χ3n) is 4.73. The molecular formula is C19H26ClN5O2. The average molecular weight is 392 g/mol. The van der Waals surface area contributed by atoms with Crippen LogP contribution in [0.15, 0.2) is 42.7 Å². The zero-order valence-corrected chi connectivity index (χ0v) is 16.4. The number of carbonyl (C=O) groups excluding carboxylic acids is 2. The molecule has 0 bridgehead atoms. The maximum atomic E-state index is 13.1. The SMILES string of the molecule is CC(C)C(=O)Nc1ccc(NC(=O)C2(n3cccn3)CCNCC2)cc1.Cl. The number of piperidine rings is 1. The Morgan fingerprint density at radius 1 is 1.11 bits per heavy atom. The van der Waals surface area contributed by atoms with Crippen molar-refractivity contribution in [1.29, 1.82) is 0 Å². The summed E-state index contributed by atoms with van der Waals surface area (Å²) in [5.41, 5.74) is 0.729. The predicted octanol–water partition coefficient (Wildman–Crippen LogP) is 2.62. The van der Waals surface area contributed by atoms with E-state index in [1.54, 1.807) is 35.1 Å². The molecule has 1 aliphatic heterocycles. The van der Waals surface area contributed by atoms with Gasteiger partial charge in [0.15, 0.2) is 0 Å². The maximum Gasteiger partial charge on any atom is 0.252 e. The summed E-state index contributed by atoms with van der Waals surface area (Å²) < 4.78 is 1.76. The third-order valence-corrected chi connectivity index (χ3v) is 4.73. The number of hydrogen-bond donors (Lipinski definition) is 3. The van der Waals surface area contributed by atoms with E-state index in [1.165, 1.54) is 0 Å². The fourth-order valence-electron chi connectivity index (χ4n) is 3.09. The molecule has 2 amide bonds. The minimum Gasteiger partial charge on any atom is -0.326 e. The Balaban J connectivity index is 0.00000261. The Bertz CT molecular complexity index is 753. The van der Waals surface area contributed by atoms with Crippen LogP contribution in [0.25, 0.3) is 0 Å². The molecule has 1 aromatic heterocycles. The van der Waals surface area contributed by atoms with E-state index in [4.69, 9.17) is 0 Å². The van der Waals surface area contributed by atoms with E-state index in [2.05, 4.69) is 21.0 Å². The molecule has 3 N–H and O–H groups in total.